The predicted octanol–water partition coefficient (Wildman–Crippen LogP) is 6.21. The average molecular weight is 530 g/mol. The molecule has 6 aliphatic rings. The number of ether oxygens (including phenoxy) is 2. The number of allylic oxidation sites excluding steroid dienone is 3. The van der Waals surface area contributed by atoms with E-state index in [1.54, 1.807) is 14.2 Å². The molecule has 208 valence electrons. The highest BCUT2D eigenvalue weighted by Crippen LogP contribution is 2.68. The van der Waals surface area contributed by atoms with Gasteiger partial charge in [-0.3, -0.25) is 14.5 Å². The van der Waals surface area contributed by atoms with Crippen molar-refractivity contribution in [2.24, 2.45) is 52.3 Å². The standard InChI is InChI=1S/C34H43NO4/c1-9-33(5)17-20(4)26-25-28(33)29(36)24-23(31(37)35(7)32(24)38-8)15-21-10-12-22(13-11-21)39-30(25)27-19(3)14-18(2)16-34(26,27)6/h9-13,17-19,23,25-28,30H,1,14-16H2,2-8H3. The average Bonchev–Trinajstić information content (AvgIpc) is 3.26. The number of methoxy groups -OCH3 is 1. The quantitative estimate of drug-likeness (QED) is 0.428. The molecular weight excluding hydrogens is 486 g/mol. The van der Waals surface area contributed by atoms with E-state index in [4.69, 9.17) is 9.47 Å². The Labute approximate surface area is 233 Å². The minimum absolute atomic E-state index is 0.00824. The molecule has 3 aliphatic heterocycles. The monoisotopic (exact) mass is 529 g/mol. The summed E-state index contributed by atoms with van der Waals surface area (Å²) in [5.74, 6) is 1.76. The van der Waals surface area contributed by atoms with Crippen LogP contribution < -0.4 is 4.74 Å². The molecule has 0 N–H and O–H groups in total. The van der Waals surface area contributed by atoms with Crippen molar-refractivity contribution in [2.45, 2.75) is 60.0 Å². The molecule has 7 rings (SSSR count). The Morgan fingerprint density at radius 2 is 1.82 bits per heavy atom. The minimum Gasteiger partial charge on any atom is -0.490 e. The maximum Gasteiger partial charge on any atom is 0.237 e. The van der Waals surface area contributed by atoms with Crippen molar-refractivity contribution in [3.05, 3.63) is 65.6 Å². The van der Waals surface area contributed by atoms with E-state index in [0.717, 1.165) is 17.7 Å². The predicted molar refractivity (Wildman–Crippen MR) is 152 cm³/mol. The molecule has 2 bridgehead atoms. The lowest BCUT2D eigenvalue weighted by molar-refractivity contribution is -0.132. The maximum atomic E-state index is 15.1. The second kappa shape index (κ2) is 8.84. The van der Waals surface area contributed by atoms with Crippen molar-refractivity contribution in [2.75, 3.05) is 14.2 Å². The fourth-order valence-corrected chi connectivity index (χ4v) is 10.2. The number of rotatable bonds is 2. The van der Waals surface area contributed by atoms with Gasteiger partial charge in [0.05, 0.1) is 18.6 Å². The van der Waals surface area contributed by atoms with Gasteiger partial charge in [0.25, 0.3) is 0 Å². The fraction of sp³-hybridized carbons (Fsp3) is 0.588. The Balaban J connectivity index is 1.64. The molecule has 1 aromatic carbocycles. The summed E-state index contributed by atoms with van der Waals surface area (Å²) in [7, 11) is 3.28. The van der Waals surface area contributed by atoms with E-state index in [2.05, 4.69) is 59.4 Å². The number of amides is 1. The van der Waals surface area contributed by atoms with E-state index in [1.165, 1.54) is 16.9 Å². The highest BCUT2D eigenvalue weighted by molar-refractivity contribution is 6.07. The SMILES string of the molecule is C=CC1(C)C=C(C)C2C3C(Oc4ccc(cc4)CC4C(=O)N(C)C(OC)=C4C(=O)C31)C1C(C)CC(C)CC21C. The number of ketones is 1. The van der Waals surface area contributed by atoms with Crippen LogP contribution in [-0.4, -0.2) is 36.9 Å². The van der Waals surface area contributed by atoms with Crippen LogP contribution in [0.1, 0.15) is 53.0 Å². The lowest BCUT2D eigenvalue weighted by atomic mass is 9.53. The third-order valence-electron chi connectivity index (χ3n) is 11.2. The Hall–Kier alpha value is -2.82. The molecular formula is C34H43NO4. The number of hydrogen-bond donors (Lipinski definition) is 0. The lowest BCUT2D eigenvalue weighted by Gasteiger charge is -2.50. The highest BCUT2D eigenvalue weighted by Gasteiger charge is 2.68. The number of Topliss-reactive ketones (excluding diaryl/α,β-unsaturated/α-hetero) is 1. The van der Waals surface area contributed by atoms with Crippen LogP contribution in [0.4, 0.5) is 0 Å². The van der Waals surface area contributed by atoms with E-state index in [-0.39, 0.29) is 35.0 Å². The number of carbonyl (C=O) groups is 2. The zero-order valence-corrected chi connectivity index (χ0v) is 24.5. The maximum absolute atomic E-state index is 15.1. The van der Waals surface area contributed by atoms with Crippen LogP contribution in [0.25, 0.3) is 0 Å². The van der Waals surface area contributed by atoms with Crippen LogP contribution in [-0.2, 0) is 20.7 Å². The minimum atomic E-state index is -0.574. The summed E-state index contributed by atoms with van der Waals surface area (Å²) in [4.78, 5) is 30.2. The Morgan fingerprint density at radius 1 is 1.13 bits per heavy atom. The summed E-state index contributed by atoms with van der Waals surface area (Å²) in [5, 5.41) is 0. The first-order valence-corrected chi connectivity index (χ1v) is 14.6. The second-order valence-corrected chi connectivity index (χ2v) is 13.7. The molecule has 0 radical (unpaired) electrons. The van der Waals surface area contributed by atoms with Crippen molar-refractivity contribution < 1.29 is 19.1 Å². The van der Waals surface area contributed by atoms with Gasteiger partial charge in [-0.15, -0.1) is 6.58 Å². The van der Waals surface area contributed by atoms with E-state index in [9.17, 15) is 4.79 Å². The molecule has 2 saturated carbocycles. The summed E-state index contributed by atoms with van der Waals surface area (Å²) in [6, 6.07) is 8.20. The molecule has 1 amide bonds. The molecule has 5 nitrogen and oxygen atoms in total. The van der Waals surface area contributed by atoms with Crippen molar-refractivity contribution in [1.82, 2.24) is 4.90 Å². The summed E-state index contributed by atoms with van der Waals surface area (Å²) < 4.78 is 12.8. The largest absolute Gasteiger partial charge is 0.490 e. The molecule has 0 saturated heterocycles. The van der Waals surface area contributed by atoms with Gasteiger partial charge in [0, 0.05) is 30.2 Å². The lowest BCUT2D eigenvalue weighted by Crippen LogP contribution is -2.49. The molecule has 3 aliphatic carbocycles. The van der Waals surface area contributed by atoms with Crippen molar-refractivity contribution in [3.63, 3.8) is 0 Å². The summed E-state index contributed by atoms with van der Waals surface area (Å²) in [5.41, 5.74) is 2.30. The van der Waals surface area contributed by atoms with Crippen LogP contribution >= 0.6 is 0 Å². The zero-order chi connectivity index (χ0) is 28.0. The fourth-order valence-electron chi connectivity index (χ4n) is 10.2. The van der Waals surface area contributed by atoms with Crippen molar-refractivity contribution >= 4 is 11.7 Å². The van der Waals surface area contributed by atoms with Crippen molar-refractivity contribution in [1.29, 1.82) is 0 Å². The molecule has 5 heteroatoms. The number of nitrogens with zero attached hydrogens (tertiary/aromatic N) is 1. The van der Waals surface area contributed by atoms with Crippen LogP contribution in [0.3, 0.4) is 0 Å². The Kier molecular flexibility index (Phi) is 5.99. The Bertz CT molecular complexity index is 1290. The van der Waals surface area contributed by atoms with Gasteiger partial charge >= 0.3 is 0 Å². The van der Waals surface area contributed by atoms with Gasteiger partial charge in [-0.1, -0.05) is 57.6 Å². The van der Waals surface area contributed by atoms with Gasteiger partial charge in [-0.05, 0) is 67.1 Å². The molecule has 10 atom stereocenters. The van der Waals surface area contributed by atoms with E-state index in [1.807, 2.05) is 18.2 Å². The van der Waals surface area contributed by atoms with E-state index in [0.29, 0.717) is 35.6 Å². The first-order valence-electron chi connectivity index (χ1n) is 14.6. The third kappa shape index (κ3) is 3.57. The molecule has 0 aromatic heterocycles. The molecule has 2 fully saturated rings. The molecule has 3 heterocycles. The van der Waals surface area contributed by atoms with Gasteiger partial charge in [0.2, 0.25) is 11.8 Å². The van der Waals surface area contributed by atoms with Gasteiger partial charge in [-0.25, -0.2) is 0 Å². The summed E-state index contributed by atoms with van der Waals surface area (Å²) in [6.07, 6.45) is 6.87. The normalized spacial score (nSPS) is 43.1. The third-order valence-corrected chi connectivity index (χ3v) is 11.2. The van der Waals surface area contributed by atoms with Crippen LogP contribution in [0.2, 0.25) is 0 Å². The number of hydrogen-bond acceptors (Lipinski definition) is 4. The van der Waals surface area contributed by atoms with Gasteiger partial charge in [0.1, 0.15) is 11.9 Å². The van der Waals surface area contributed by atoms with Crippen molar-refractivity contribution in [3.8, 4) is 5.75 Å². The van der Waals surface area contributed by atoms with Crippen LogP contribution in [0.15, 0.2) is 60.0 Å². The van der Waals surface area contributed by atoms with Gasteiger partial charge in [-0.2, -0.15) is 0 Å². The number of benzene rings is 1. The molecule has 0 spiro atoms. The van der Waals surface area contributed by atoms with Gasteiger partial charge in [0.15, 0.2) is 5.78 Å². The second-order valence-electron chi connectivity index (χ2n) is 13.7. The first-order chi connectivity index (χ1) is 18.4. The molecule has 39 heavy (non-hydrogen) atoms. The summed E-state index contributed by atoms with van der Waals surface area (Å²) in [6.45, 7) is 15.9. The summed E-state index contributed by atoms with van der Waals surface area (Å²) >= 11 is 0. The van der Waals surface area contributed by atoms with E-state index >= 15 is 4.79 Å². The number of fused-ring (bicyclic) bond motifs is 4. The zero-order valence-electron chi connectivity index (χ0n) is 24.5. The topological polar surface area (TPSA) is 55.8 Å². The molecule has 10 unspecified atom stereocenters. The molecule has 1 aromatic rings. The highest BCUT2D eigenvalue weighted by atomic mass is 16.5. The smallest absolute Gasteiger partial charge is 0.237 e. The van der Waals surface area contributed by atoms with Crippen LogP contribution in [0.5, 0.6) is 5.75 Å². The first kappa shape index (κ1) is 26.4. The van der Waals surface area contributed by atoms with Gasteiger partial charge < -0.3 is 9.47 Å². The number of carbonyl (C=O) groups excluding carboxylic acids is 2. The Morgan fingerprint density at radius 3 is 2.46 bits per heavy atom. The van der Waals surface area contributed by atoms with Crippen LogP contribution in [0, 0.1) is 52.3 Å². The van der Waals surface area contributed by atoms with E-state index < -0.39 is 17.3 Å².